The second-order valence-corrected chi connectivity index (χ2v) is 5.36. The molecule has 1 heterocycles. The van der Waals surface area contributed by atoms with E-state index >= 15 is 0 Å². The maximum atomic E-state index is 11.9. The van der Waals surface area contributed by atoms with E-state index in [4.69, 9.17) is 4.74 Å². The Morgan fingerprint density at radius 1 is 1.45 bits per heavy atom. The number of carbonyl (C=O) groups excluding carboxylic acids is 1. The predicted octanol–water partition coefficient (Wildman–Crippen LogP) is 1.97. The van der Waals surface area contributed by atoms with Gasteiger partial charge in [-0.2, -0.15) is 12.6 Å². The number of rotatable bonds is 3. The van der Waals surface area contributed by atoms with Crippen LogP contribution in [0.15, 0.2) is 30.3 Å². The van der Waals surface area contributed by atoms with E-state index < -0.39 is 17.4 Å². The van der Waals surface area contributed by atoms with Gasteiger partial charge in [-0.05, 0) is 5.56 Å². The van der Waals surface area contributed by atoms with Gasteiger partial charge in [-0.3, -0.25) is 10.1 Å². The molecule has 0 bridgehead atoms. The highest BCUT2D eigenvalue weighted by atomic mass is 32.1. The molecule has 0 radical (unpaired) electrons. The first kappa shape index (κ1) is 14.6. The molecule has 1 aliphatic heterocycles. The van der Waals surface area contributed by atoms with Crippen molar-refractivity contribution in [3.05, 3.63) is 46.0 Å². The van der Waals surface area contributed by atoms with E-state index in [1.165, 1.54) is 4.90 Å². The van der Waals surface area contributed by atoms with Crippen LogP contribution >= 0.6 is 12.6 Å². The van der Waals surface area contributed by atoms with Crippen molar-refractivity contribution in [2.24, 2.45) is 0 Å². The van der Waals surface area contributed by atoms with Crippen molar-refractivity contribution in [1.29, 1.82) is 0 Å². The second-order valence-electron chi connectivity index (χ2n) is 4.69. The maximum Gasteiger partial charge on any atom is 0.410 e. The number of nitrogens with zero attached hydrogens (tertiary/aromatic N) is 2. The summed E-state index contributed by atoms with van der Waals surface area (Å²) in [4.78, 5) is 23.8. The Morgan fingerprint density at radius 3 is 2.75 bits per heavy atom. The lowest BCUT2D eigenvalue weighted by Gasteiger charge is -2.31. The molecule has 20 heavy (non-hydrogen) atoms. The van der Waals surface area contributed by atoms with E-state index in [1.54, 1.807) is 0 Å². The van der Waals surface area contributed by atoms with Gasteiger partial charge in [-0.25, -0.2) is 4.79 Å². The van der Waals surface area contributed by atoms with Crippen LogP contribution in [0.5, 0.6) is 0 Å². The number of likely N-dealkylation sites (tertiary alicyclic amines) is 1. The number of benzene rings is 1. The average molecular weight is 296 g/mol. The normalized spacial score (nSPS) is 22.4. The number of ether oxygens (including phenoxy) is 1. The zero-order chi connectivity index (χ0) is 14.5. The number of thiol groups is 1. The average Bonchev–Trinajstić information content (AvgIpc) is 2.45. The summed E-state index contributed by atoms with van der Waals surface area (Å²) in [5.74, 6) is 0. The van der Waals surface area contributed by atoms with Crippen molar-refractivity contribution >= 4 is 18.7 Å². The standard InChI is InChI=1S/C13H16N2O4S/c16-13(19-9-10-4-2-1-3-5-10)14-7-6-11(15(17)18)12(20)8-14/h1-5,11-12,20H,6-9H2/t11-,12?/m0/s1. The first-order valence-electron chi connectivity index (χ1n) is 6.35. The fourth-order valence-electron chi connectivity index (χ4n) is 2.14. The number of nitro groups is 1. The van der Waals surface area contributed by atoms with Crippen LogP contribution in [-0.2, 0) is 11.3 Å². The van der Waals surface area contributed by atoms with Gasteiger partial charge < -0.3 is 9.64 Å². The first-order chi connectivity index (χ1) is 9.58. The van der Waals surface area contributed by atoms with Gasteiger partial charge in [0.2, 0.25) is 6.04 Å². The molecular weight excluding hydrogens is 280 g/mol. The molecule has 2 rings (SSSR count). The van der Waals surface area contributed by atoms with Gasteiger partial charge in [-0.15, -0.1) is 0 Å². The highest BCUT2D eigenvalue weighted by molar-refractivity contribution is 7.81. The summed E-state index contributed by atoms with van der Waals surface area (Å²) < 4.78 is 5.19. The van der Waals surface area contributed by atoms with Crippen molar-refractivity contribution in [1.82, 2.24) is 4.90 Å². The van der Waals surface area contributed by atoms with Gasteiger partial charge in [0.25, 0.3) is 0 Å². The fraction of sp³-hybridized carbons (Fsp3) is 0.462. The monoisotopic (exact) mass is 296 g/mol. The molecule has 0 spiro atoms. The molecule has 0 aliphatic carbocycles. The van der Waals surface area contributed by atoms with E-state index in [1.807, 2.05) is 30.3 Å². The molecule has 2 atom stereocenters. The lowest BCUT2D eigenvalue weighted by Crippen LogP contribution is -2.49. The van der Waals surface area contributed by atoms with Crippen molar-refractivity contribution in [2.45, 2.75) is 24.3 Å². The van der Waals surface area contributed by atoms with E-state index in [-0.39, 0.29) is 18.1 Å². The molecule has 1 amide bonds. The summed E-state index contributed by atoms with van der Waals surface area (Å²) >= 11 is 4.20. The summed E-state index contributed by atoms with van der Waals surface area (Å²) in [7, 11) is 0. The molecule has 1 aromatic rings. The third-order valence-electron chi connectivity index (χ3n) is 3.28. The minimum absolute atomic E-state index is 0.200. The molecule has 0 saturated carbocycles. The maximum absolute atomic E-state index is 11.9. The van der Waals surface area contributed by atoms with Crippen LogP contribution in [0.4, 0.5) is 4.79 Å². The Bertz CT molecular complexity index is 483. The molecule has 1 aromatic carbocycles. The van der Waals surface area contributed by atoms with Crippen LogP contribution in [0.25, 0.3) is 0 Å². The van der Waals surface area contributed by atoms with Gasteiger partial charge in [0, 0.05) is 24.4 Å². The van der Waals surface area contributed by atoms with Crippen molar-refractivity contribution in [3.8, 4) is 0 Å². The SMILES string of the molecule is O=C(OCc1ccccc1)N1CC[C@H]([N+](=O)[O-])C(S)C1. The molecule has 6 nitrogen and oxygen atoms in total. The van der Waals surface area contributed by atoms with Crippen LogP contribution in [0.2, 0.25) is 0 Å². The fourth-order valence-corrected chi connectivity index (χ4v) is 2.60. The number of carbonyl (C=O) groups is 1. The van der Waals surface area contributed by atoms with E-state index in [0.717, 1.165) is 5.56 Å². The van der Waals surface area contributed by atoms with Gasteiger partial charge >= 0.3 is 6.09 Å². The Morgan fingerprint density at radius 2 is 2.15 bits per heavy atom. The number of amides is 1. The predicted molar refractivity (Wildman–Crippen MR) is 76.4 cm³/mol. The summed E-state index contributed by atoms with van der Waals surface area (Å²) in [6.07, 6.45) is -0.142. The Balaban J connectivity index is 1.84. The molecule has 0 N–H and O–H groups in total. The molecule has 7 heteroatoms. The molecule has 0 aromatic heterocycles. The van der Waals surface area contributed by atoms with Crippen LogP contribution in [0.1, 0.15) is 12.0 Å². The largest absolute Gasteiger partial charge is 0.445 e. The van der Waals surface area contributed by atoms with E-state index in [9.17, 15) is 14.9 Å². The van der Waals surface area contributed by atoms with Gasteiger partial charge in [0.05, 0.1) is 5.25 Å². The molecule has 1 saturated heterocycles. The highest BCUT2D eigenvalue weighted by Gasteiger charge is 2.37. The zero-order valence-corrected chi connectivity index (χ0v) is 11.7. The van der Waals surface area contributed by atoms with Gasteiger partial charge in [0.1, 0.15) is 6.61 Å². The smallest absolute Gasteiger partial charge is 0.410 e. The molecule has 108 valence electrons. The van der Waals surface area contributed by atoms with Crippen molar-refractivity contribution in [3.63, 3.8) is 0 Å². The Labute approximate surface area is 122 Å². The van der Waals surface area contributed by atoms with Crippen LogP contribution in [-0.4, -0.2) is 40.3 Å². The molecule has 1 unspecified atom stereocenters. The number of hydrogen-bond acceptors (Lipinski definition) is 5. The van der Waals surface area contributed by atoms with Gasteiger partial charge in [-0.1, -0.05) is 30.3 Å². The highest BCUT2D eigenvalue weighted by Crippen LogP contribution is 2.19. The van der Waals surface area contributed by atoms with E-state index in [0.29, 0.717) is 13.0 Å². The van der Waals surface area contributed by atoms with Gasteiger partial charge in [0.15, 0.2) is 0 Å². The third-order valence-corrected chi connectivity index (χ3v) is 3.79. The van der Waals surface area contributed by atoms with Crippen LogP contribution in [0.3, 0.4) is 0 Å². The Kier molecular flexibility index (Phi) is 4.84. The number of piperidine rings is 1. The van der Waals surface area contributed by atoms with E-state index in [2.05, 4.69) is 12.6 Å². The first-order valence-corrected chi connectivity index (χ1v) is 6.86. The third kappa shape index (κ3) is 3.63. The summed E-state index contributed by atoms with van der Waals surface area (Å²) in [6.45, 7) is 0.769. The molecule has 1 aliphatic rings. The Hall–Kier alpha value is -1.76. The van der Waals surface area contributed by atoms with Crippen molar-refractivity contribution < 1.29 is 14.5 Å². The summed E-state index contributed by atoms with van der Waals surface area (Å²) in [6, 6.07) is 8.67. The zero-order valence-electron chi connectivity index (χ0n) is 10.8. The van der Waals surface area contributed by atoms with Crippen molar-refractivity contribution in [2.75, 3.05) is 13.1 Å². The molecular formula is C13H16N2O4S. The lowest BCUT2D eigenvalue weighted by molar-refractivity contribution is -0.524. The second kappa shape index (κ2) is 6.60. The quantitative estimate of drug-likeness (QED) is 0.526. The minimum Gasteiger partial charge on any atom is -0.445 e. The summed E-state index contributed by atoms with van der Waals surface area (Å²) in [5.41, 5.74) is 0.906. The molecule has 1 fully saturated rings. The minimum atomic E-state index is -0.698. The lowest BCUT2D eigenvalue weighted by atomic mass is 10.1. The van der Waals surface area contributed by atoms with Crippen LogP contribution in [0, 0.1) is 10.1 Å². The number of hydrogen-bond donors (Lipinski definition) is 1. The van der Waals surface area contributed by atoms with Crippen LogP contribution < -0.4 is 0 Å². The topological polar surface area (TPSA) is 72.7 Å². The summed E-state index contributed by atoms with van der Waals surface area (Å²) in [5, 5.41) is 10.3.